The van der Waals surface area contributed by atoms with Crippen LogP contribution in [0.3, 0.4) is 0 Å². The summed E-state index contributed by atoms with van der Waals surface area (Å²) in [4.78, 5) is 12.3. The monoisotopic (exact) mass is 370 g/mol. The van der Waals surface area contributed by atoms with Crippen LogP contribution < -0.4 is 0 Å². The molecule has 0 radical (unpaired) electrons. The Morgan fingerprint density at radius 3 is 2.48 bits per heavy atom. The molecule has 3 nitrogen and oxygen atoms in total. The minimum atomic E-state index is -0.0778. The summed E-state index contributed by atoms with van der Waals surface area (Å²) in [5.41, 5.74) is 3.96. The number of carbonyl (C=O) groups is 1. The molecule has 0 N–H and O–H groups in total. The van der Waals surface area contributed by atoms with Crippen LogP contribution in [0, 0.1) is 13.8 Å². The summed E-state index contributed by atoms with van der Waals surface area (Å²) in [6, 6.07) is 14.7. The number of aryl methyl sites for hydroxylation is 2. The molecule has 0 saturated heterocycles. The second kappa shape index (κ2) is 7.26. The van der Waals surface area contributed by atoms with Crippen molar-refractivity contribution in [2.75, 3.05) is 0 Å². The van der Waals surface area contributed by atoms with Gasteiger partial charge in [0, 0.05) is 16.1 Å². The molecule has 5 heteroatoms. The van der Waals surface area contributed by atoms with E-state index in [1.54, 1.807) is 22.9 Å². The lowest BCUT2D eigenvalue weighted by atomic mass is 10.1. The fourth-order valence-corrected chi connectivity index (χ4v) is 2.97. The van der Waals surface area contributed by atoms with Crippen molar-refractivity contribution in [2.24, 2.45) is 0 Å². The van der Waals surface area contributed by atoms with Crippen LogP contribution in [0.2, 0.25) is 10.2 Å². The molecule has 0 amide bonds. The van der Waals surface area contributed by atoms with Gasteiger partial charge in [-0.1, -0.05) is 59.1 Å². The minimum Gasteiger partial charge on any atom is -0.289 e. The number of halogens is 2. The largest absolute Gasteiger partial charge is 0.289 e. The maximum Gasteiger partial charge on any atom is 0.185 e. The molecule has 0 atom stereocenters. The number of nitrogens with zero attached hydrogens (tertiary/aromatic N) is 2. The van der Waals surface area contributed by atoms with Gasteiger partial charge in [-0.2, -0.15) is 5.10 Å². The van der Waals surface area contributed by atoms with Gasteiger partial charge in [-0.15, -0.1) is 0 Å². The summed E-state index contributed by atoms with van der Waals surface area (Å²) < 4.78 is 1.61. The van der Waals surface area contributed by atoms with E-state index < -0.39 is 0 Å². The smallest absolute Gasteiger partial charge is 0.185 e. The first kappa shape index (κ1) is 17.5. The second-order valence-electron chi connectivity index (χ2n) is 5.75. The van der Waals surface area contributed by atoms with Crippen molar-refractivity contribution in [3.63, 3.8) is 0 Å². The molecule has 1 heterocycles. The highest BCUT2D eigenvalue weighted by molar-refractivity contribution is 6.32. The third-order valence-electron chi connectivity index (χ3n) is 3.84. The van der Waals surface area contributed by atoms with E-state index in [9.17, 15) is 4.79 Å². The predicted octanol–water partition coefficient (Wildman–Crippen LogP) is 5.69. The van der Waals surface area contributed by atoms with Crippen LogP contribution in [0.25, 0.3) is 11.8 Å². The normalized spacial score (nSPS) is 11.2. The van der Waals surface area contributed by atoms with Crippen LogP contribution in [-0.4, -0.2) is 15.6 Å². The Balaban J connectivity index is 1.90. The van der Waals surface area contributed by atoms with Crippen LogP contribution in [0.15, 0.2) is 54.6 Å². The molecular formula is C20H16Cl2N2O. The number of ketones is 1. The number of allylic oxidation sites excluding steroid dienone is 1. The predicted molar refractivity (Wildman–Crippen MR) is 103 cm³/mol. The third kappa shape index (κ3) is 3.84. The summed E-state index contributed by atoms with van der Waals surface area (Å²) in [7, 11) is 0. The van der Waals surface area contributed by atoms with Gasteiger partial charge in [0.1, 0.15) is 5.15 Å². The molecule has 0 aliphatic carbocycles. The Morgan fingerprint density at radius 1 is 1.08 bits per heavy atom. The van der Waals surface area contributed by atoms with Crippen LogP contribution >= 0.6 is 23.2 Å². The standard InChI is InChI=1S/C20H16Cl2N2O/c1-13-6-8-15(9-7-13)19(25)11-10-18-14(2)23-24(20(18)22)17-5-3-4-16(21)12-17/h3-12H,1-2H3/b11-10+. The average Bonchev–Trinajstić information content (AvgIpc) is 2.88. The molecular weight excluding hydrogens is 355 g/mol. The molecule has 1 aromatic heterocycles. The lowest BCUT2D eigenvalue weighted by molar-refractivity contribution is 0.104. The van der Waals surface area contributed by atoms with Gasteiger partial charge in [-0.25, -0.2) is 4.68 Å². The highest BCUT2D eigenvalue weighted by Crippen LogP contribution is 2.26. The van der Waals surface area contributed by atoms with Crippen LogP contribution in [0.4, 0.5) is 0 Å². The number of hydrogen-bond acceptors (Lipinski definition) is 2. The number of aromatic nitrogens is 2. The van der Waals surface area contributed by atoms with Crippen molar-refractivity contribution >= 4 is 35.1 Å². The minimum absolute atomic E-state index is 0.0778. The van der Waals surface area contributed by atoms with Gasteiger partial charge in [0.25, 0.3) is 0 Å². The van der Waals surface area contributed by atoms with Gasteiger partial charge in [0.2, 0.25) is 0 Å². The molecule has 126 valence electrons. The molecule has 0 aliphatic rings. The zero-order valence-corrected chi connectivity index (χ0v) is 15.3. The number of hydrogen-bond donors (Lipinski definition) is 0. The van der Waals surface area contributed by atoms with Gasteiger partial charge < -0.3 is 0 Å². The van der Waals surface area contributed by atoms with Crippen LogP contribution in [0.1, 0.15) is 27.2 Å². The average molecular weight is 371 g/mol. The summed E-state index contributed by atoms with van der Waals surface area (Å²) >= 11 is 12.5. The van der Waals surface area contributed by atoms with Gasteiger partial charge in [-0.05, 0) is 44.2 Å². The number of carbonyl (C=O) groups excluding carboxylic acids is 1. The van der Waals surface area contributed by atoms with E-state index in [0.29, 0.717) is 21.3 Å². The van der Waals surface area contributed by atoms with Crippen molar-refractivity contribution in [3.8, 4) is 5.69 Å². The first-order valence-corrected chi connectivity index (χ1v) is 8.51. The maximum absolute atomic E-state index is 12.3. The first-order chi connectivity index (χ1) is 12.0. The van der Waals surface area contributed by atoms with Crippen LogP contribution in [0.5, 0.6) is 0 Å². The van der Waals surface area contributed by atoms with Crippen LogP contribution in [-0.2, 0) is 0 Å². The zero-order chi connectivity index (χ0) is 18.0. The van der Waals surface area contributed by atoms with Gasteiger partial charge in [0.15, 0.2) is 5.78 Å². The molecule has 2 aromatic carbocycles. The molecule has 0 unspecified atom stereocenters. The van der Waals surface area contributed by atoms with Crippen molar-refractivity contribution in [3.05, 3.63) is 87.2 Å². The zero-order valence-electron chi connectivity index (χ0n) is 13.8. The topological polar surface area (TPSA) is 34.9 Å². The van der Waals surface area contributed by atoms with Gasteiger partial charge >= 0.3 is 0 Å². The van der Waals surface area contributed by atoms with E-state index in [0.717, 1.165) is 16.9 Å². The van der Waals surface area contributed by atoms with E-state index in [2.05, 4.69) is 5.10 Å². The quantitative estimate of drug-likeness (QED) is 0.436. The molecule has 0 saturated carbocycles. The maximum atomic E-state index is 12.3. The van der Waals surface area contributed by atoms with Crippen molar-refractivity contribution in [2.45, 2.75) is 13.8 Å². The molecule has 3 rings (SSSR count). The van der Waals surface area contributed by atoms with E-state index >= 15 is 0 Å². The highest BCUT2D eigenvalue weighted by Gasteiger charge is 2.13. The highest BCUT2D eigenvalue weighted by atomic mass is 35.5. The Morgan fingerprint density at radius 2 is 1.80 bits per heavy atom. The Labute approximate surface area is 156 Å². The molecule has 0 spiro atoms. The Hall–Kier alpha value is -2.36. The first-order valence-electron chi connectivity index (χ1n) is 7.76. The molecule has 3 aromatic rings. The Bertz CT molecular complexity index is 956. The summed E-state index contributed by atoms with van der Waals surface area (Å²) in [6.45, 7) is 3.83. The summed E-state index contributed by atoms with van der Waals surface area (Å²) in [6.07, 6.45) is 3.22. The van der Waals surface area contributed by atoms with Gasteiger partial charge in [-0.3, -0.25) is 4.79 Å². The van der Waals surface area contributed by atoms with E-state index in [4.69, 9.17) is 23.2 Å². The summed E-state index contributed by atoms with van der Waals surface area (Å²) in [5, 5.41) is 5.49. The van der Waals surface area contributed by atoms with Gasteiger partial charge in [0.05, 0.1) is 11.4 Å². The molecule has 0 aliphatic heterocycles. The SMILES string of the molecule is Cc1ccc(C(=O)/C=C/c2c(C)nn(-c3cccc(Cl)c3)c2Cl)cc1. The van der Waals surface area contributed by atoms with Crippen molar-refractivity contribution in [1.29, 1.82) is 0 Å². The second-order valence-corrected chi connectivity index (χ2v) is 6.54. The summed E-state index contributed by atoms with van der Waals surface area (Å²) in [5.74, 6) is -0.0778. The van der Waals surface area contributed by atoms with E-state index in [-0.39, 0.29) is 5.78 Å². The third-order valence-corrected chi connectivity index (χ3v) is 4.44. The number of rotatable bonds is 4. The van der Waals surface area contributed by atoms with E-state index in [1.807, 2.05) is 50.2 Å². The lowest BCUT2D eigenvalue weighted by Crippen LogP contribution is -1.96. The van der Waals surface area contributed by atoms with Crippen molar-refractivity contribution in [1.82, 2.24) is 9.78 Å². The van der Waals surface area contributed by atoms with Crippen molar-refractivity contribution < 1.29 is 4.79 Å². The Kier molecular flexibility index (Phi) is 5.07. The molecule has 25 heavy (non-hydrogen) atoms. The van der Waals surface area contributed by atoms with E-state index in [1.165, 1.54) is 6.08 Å². The molecule has 0 bridgehead atoms. The molecule has 0 fully saturated rings. The fourth-order valence-electron chi connectivity index (χ4n) is 2.45. The number of benzene rings is 2. The fraction of sp³-hybridized carbons (Fsp3) is 0.100. The lowest BCUT2D eigenvalue weighted by Gasteiger charge is -2.03.